The third-order valence-electron chi connectivity index (χ3n) is 5.43. The summed E-state index contributed by atoms with van der Waals surface area (Å²) in [5.74, 6) is -3.07. The second-order valence-corrected chi connectivity index (χ2v) is 11.3. The van der Waals surface area contributed by atoms with Crippen molar-refractivity contribution in [1.82, 2.24) is 15.0 Å². The standard InChI is InChI=1S/C26H26F3N5O3S2/c1-4-37-13-12-31-26-30-11-10-20(32-26)23-22(33-25(38-23)15(2)3)16-8-9-17(27)21(14-16)34-39(35,36)24-18(28)6-5-7-19(24)29/h5-11,14-15,34H,4,12-13H2,1-3H3,(H,30,31,32). The molecule has 4 rings (SSSR count). The fourth-order valence-corrected chi connectivity index (χ4v) is 5.85. The predicted octanol–water partition coefficient (Wildman–Crippen LogP) is 6.06. The van der Waals surface area contributed by atoms with Gasteiger partial charge in [-0.1, -0.05) is 19.9 Å². The van der Waals surface area contributed by atoms with Crippen molar-refractivity contribution in [3.8, 4) is 21.8 Å². The molecule has 2 aromatic carbocycles. The summed E-state index contributed by atoms with van der Waals surface area (Å²) in [6.07, 6.45) is 1.59. The van der Waals surface area contributed by atoms with Gasteiger partial charge in [0.1, 0.15) is 17.5 Å². The summed E-state index contributed by atoms with van der Waals surface area (Å²) >= 11 is 1.39. The van der Waals surface area contributed by atoms with Crippen molar-refractivity contribution < 1.29 is 26.3 Å². The van der Waals surface area contributed by atoms with Crippen molar-refractivity contribution in [1.29, 1.82) is 0 Å². The first kappa shape index (κ1) is 28.5. The number of benzene rings is 2. The number of sulfonamides is 1. The van der Waals surface area contributed by atoms with Gasteiger partial charge in [0.2, 0.25) is 5.95 Å². The highest BCUT2D eigenvalue weighted by Crippen LogP contribution is 2.39. The van der Waals surface area contributed by atoms with E-state index in [4.69, 9.17) is 9.72 Å². The molecule has 0 fully saturated rings. The van der Waals surface area contributed by atoms with Gasteiger partial charge in [-0.25, -0.2) is 36.5 Å². The summed E-state index contributed by atoms with van der Waals surface area (Å²) in [6.45, 7) is 7.43. The van der Waals surface area contributed by atoms with Crippen LogP contribution in [0.3, 0.4) is 0 Å². The molecule has 13 heteroatoms. The molecule has 0 spiro atoms. The molecule has 0 saturated heterocycles. The summed E-state index contributed by atoms with van der Waals surface area (Å²) in [7, 11) is -4.78. The monoisotopic (exact) mass is 577 g/mol. The number of aromatic nitrogens is 3. The summed E-state index contributed by atoms with van der Waals surface area (Å²) < 4.78 is 76.0. The Hall–Kier alpha value is -3.55. The summed E-state index contributed by atoms with van der Waals surface area (Å²) in [5, 5.41) is 3.88. The highest BCUT2D eigenvalue weighted by Gasteiger charge is 2.26. The van der Waals surface area contributed by atoms with E-state index in [0.29, 0.717) is 47.5 Å². The van der Waals surface area contributed by atoms with Crippen LogP contribution in [0.25, 0.3) is 21.8 Å². The number of halogens is 3. The van der Waals surface area contributed by atoms with Gasteiger partial charge in [-0.05, 0) is 43.3 Å². The fraction of sp³-hybridized carbons (Fsp3) is 0.269. The van der Waals surface area contributed by atoms with Gasteiger partial charge in [0.25, 0.3) is 10.0 Å². The molecule has 0 aliphatic heterocycles. The van der Waals surface area contributed by atoms with Gasteiger partial charge in [0.05, 0.1) is 33.6 Å². The van der Waals surface area contributed by atoms with Crippen molar-refractivity contribution in [3.05, 3.63) is 71.1 Å². The van der Waals surface area contributed by atoms with E-state index in [-0.39, 0.29) is 5.92 Å². The Morgan fingerprint density at radius 1 is 1.03 bits per heavy atom. The first-order valence-corrected chi connectivity index (χ1v) is 14.3. The Morgan fingerprint density at radius 3 is 2.46 bits per heavy atom. The number of thiazole rings is 1. The zero-order chi connectivity index (χ0) is 28.2. The van der Waals surface area contributed by atoms with Gasteiger partial charge in [-0.3, -0.25) is 4.72 Å². The van der Waals surface area contributed by atoms with Gasteiger partial charge >= 0.3 is 0 Å². The first-order valence-electron chi connectivity index (χ1n) is 12.0. The van der Waals surface area contributed by atoms with Crippen LogP contribution in [0.1, 0.15) is 31.7 Å². The van der Waals surface area contributed by atoms with Crippen molar-refractivity contribution in [2.45, 2.75) is 31.6 Å². The van der Waals surface area contributed by atoms with E-state index in [1.54, 1.807) is 12.3 Å². The second kappa shape index (κ2) is 12.1. The number of nitrogens with one attached hydrogen (secondary N) is 2. The van der Waals surface area contributed by atoms with E-state index < -0.39 is 38.1 Å². The van der Waals surface area contributed by atoms with Crippen LogP contribution in [0.2, 0.25) is 0 Å². The Labute approximate surface area is 228 Å². The van der Waals surface area contributed by atoms with E-state index in [9.17, 15) is 21.6 Å². The summed E-state index contributed by atoms with van der Waals surface area (Å²) in [4.78, 5) is 13.0. The van der Waals surface area contributed by atoms with Crippen molar-refractivity contribution >= 4 is 33.0 Å². The topological polar surface area (TPSA) is 106 Å². The highest BCUT2D eigenvalue weighted by atomic mass is 32.2. The molecule has 0 atom stereocenters. The molecule has 39 heavy (non-hydrogen) atoms. The van der Waals surface area contributed by atoms with Gasteiger partial charge in [0.15, 0.2) is 4.90 Å². The average molecular weight is 578 g/mol. The summed E-state index contributed by atoms with van der Waals surface area (Å²) in [5.41, 5.74) is 0.898. The minimum Gasteiger partial charge on any atom is -0.380 e. The molecule has 206 valence electrons. The van der Waals surface area contributed by atoms with Crippen LogP contribution in [-0.4, -0.2) is 43.1 Å². The van der Waals surface area contributed by atoms with Crippen molar-refractivity contribution in [3.63, 3.8) is 0 Å². The lowest BCUT2D eigenvalue weighted by atomic mass is 10.1. The lowest BCUT2D eigenvalue weighted by Gasteiger charge is -2.12. The van der Waals surface area contributed by atoms with Gasteiger partial charge in [-0.2, -0.15) is 0 Å². The quantitative estimate of drug-likeness (QED) is 0.209. The molecule has 0 unspecified atom stereocenters. The molecule has 4 aromatic rings. The van der Waals surface area contributed by atoms with Crippen molar-refractivity contribution in [2.75, 3.05) is 29.8 Å². The minimum absolute atomic E-state index is 0.0653. The zero-order valence-electron chi connectivity index (χ0n) is 21.3. The lowest BCUT2D eigenvalue weighted by molar-refractivity contribution is 0.158. The number of nitrogens with zero attached hydrogens (tertiary/aromatic N) is 3. The molecule has 0 amide bonds. The number of anilines is 2. The number of hydrogen-bond acceptors (Lipinski definition) is 8. The molecule has 2 heterocycles. The van der Waals surface area contributed by atoms with Crippen LogP contribution >= 0.6 is 11.3 Å². The average Bonchev–Trinajstić information content (AvgIpc) is 3.34. The van der Waals surface area contributed by atoms with Crippen molar-refractivity contribution in [2.24, 2.45) is 0 Å². The maximum Gasteiger partial charge on any atom is 0.267 e. The van der Waals surface area contributed by atoms with Crippen LogP contribution in [0.15, 0.2) is 53.6 Å². The van der Waals surface area contributed by atoms with Gasteiger partial charge in [0, 0.05) is 30.8 Å². The SMILES string of the molecule is CCOCCNc1nccc(-c2sc(C(C)C)nc2-c2ccc(F)c(NS(=O)(=O)c3c(F)cccc3F)c2)n1. The number of hydrogen-bond donors (Lipinski definition) is 2. The molecule has 8 nitrogen and oxygen atoms in total. The first-order chi connectivity index (χ1) is 18.6. The zero-order valence-corrected chi connectivity index (χ0v) is 23.0. The molecule has 2 N–H and O–H groups in total. The third-order valence-corrected chi connectivity index (χ3v) is 8.23. The predicted molar refractivity (Wildman–Crippen MR) is 145 cm³/mol. The van der Waals surface area contributed by atoms with Crippen LogP contribution < -0.4 is 10.0 Å². The smallest absolute Gasteiger partial charge is 0.267 e. The molecular weight excluding hydrogens is 551 g/mol. The molecule has 0 saturated carbocycles. The third kappa shape index (κ3) is 6.54. The highest BCUT2D eigenvalue weighted by molar-refractivity contribution is 7.92. The lowest BCUT2D eigenvalue weighted by Crippen LogP contribution is -2.17. The summed E-state index contributed by atoms with van der Waals surface area (Å²) in [6, 6.07) is 8.10. The molecule has 2 aromatic heterocycles. The van der Waals surface area contributed by atoms with Crippen LogP contribution in [-0.2, 0) is 14.8 Å². The second-order valence-electron chi connectivity index (χ2n) is 8.62. The molecule has 0 aliphatic carbocycles. The Kier molecular flexibility index (Phi) is 8.83. The van der Waals surface area contributed by atoms with E-state index >= 15 is 0 Å². The normalized spacial score (nSPS) is 11.7. The fourth-order valence-electron chi connectivity index (χ4n) is 3.59. The number of ether oxygens (including phenoxy) is 1. The van der Waals surface area contributed by atoms with E-state index in [1.165, 1.54) is 23.5 Å². The van der Waals surface area contributed by atoms with E-state index in [1.807, 2.05) is 25.5 Å². The van der Waals surface area contributed by atoms with E-state index in [2.05, 4.69) is 15.3 Å². The van der Waals surface area contributed by atoms with Crippen LogP contribution in [0.4, 0.5) is 24.8 Å². The maximum atomic E-state index is 14.7. The molecule has 0 aliphatic rings. The molecular formula is C26H26F3N5O3S2. The molecule has 0 radical (unpaired) electrons. The van der Waals surface area contributed by atoms with Crippen LogP contribution in [0, 0.1) is 17.5 Å². The minimum atomic E-state index is -4.78. The largest absolute Gasteiger partial charge is 0.380 e. The number of rotatable bonds is 11. The maximum absolute atomic E-state index is 14.7. The van der Waals surface area contributed by atoms with Gasteiger partial charge < -0.3 is 10.1 Å². The van der Waals surface area contributed by atoms with Crippen LogP contribution in [0.5, 0.6) is 0 Å². The molecule has 0 bridgehead atoms. The Balaban J connectivity index is 1.73. The Bertz CT molecular complexity index is 1560. The Morgan fingerprint density at radius 2 is 1.77 bits per heavy atom. The van der Waals surface area contributed by atoms with Gasteiger partial charge in [-0.15, -0.1) is 11.3 Å². The van der Waals surface area contributed by atoms with E-state index in [0.717, 1.165) is 29.3 Å².